The Balaban J connectivity index is 2.63. The molecule has 0 saturated carbocycles. The number of pyridine rings is 1. The first kappa shape index (κ1) is 18.4. The Morgan fingerprint density at radius 3 is 2.38 bits per heavy atom. The van der Waals surface area contributed by atoms with Gasteiger partial charge in [-0.3, -0.25) is 14.5 Å². The molecule has 24 heavy (non-hydrogen) atoms. The second-order valence-corrected chi connectivity index (χ2v) is 8.15. The Morgan fingerprint density at radius 2 is 1.88 bits per heavy atom. The Labute approximate surface area is 145 Å². The van der Waals surface area contributed by atoms with Crippen LogP contribution in [0.5, 0.6) is 0 Å². The molecule has 130 valence electrons. The minimum Gasteiger partial charge on any atom is -0.299 e. The van der Waals surface area contributed by atoms with E-state index in [9.17, 15) is 4.79 Å². The minimum atomic E-state index is -0.622. The van der Waals surface area contributed by atoms with Crippen LogP contribution >= 0.6 is 0 Å². The van der Waals surface area contributed by atoms with Crippen LogP contribution in [-0.2, 0) is 22.7 Å². The number of rotatable bonds is 5. The van der Waals surface area contributed by atoms with E-state index in [4.69, 9.17) is 5.10 Å². The molecule has 0 bridgehead atoms. The molecule has 4 heteroatoms. The summed E-state index contributed by atoms with van der Waals surface area (Å²) in [5.41, 5.74) is 3.30. The predicted octanol–water partition coefficient (Wildman–Crippen LogP) is 4.47. The Morgan fingerprint density at radius 1 is 1.25 bits per heavy atom. The second-order valence-electron chi connectivity index (χ2n) is 8.15. The van der Waals surface area contributed by atoms with Gasteiger partial charge in [-0.15, -0.1) is 6.58 Å². The van der Waals surface area contributed by atoms with Crippen LogP contribution < -0.4 is 0 Å². The summed E-state index contributed by atoms with van der Waals surface area (Å²) in [6.45, 7) is 16.0. The maximum Gasteiger partial charge on any atom is 0.141 e. The van der Waals surface area contributed by atoms with Gasteiger partial charge < -0.3 is 0 Å². The lowest BCUT2D eigenvalue weighted by Crippen LogP contribution is -2.31. The Bertz CT molecular complexity index is 795. The fourth-order valence-electron chi connectivity index (χ4n) is 2.89. The van der Waals surface area contributed by atoms with Gasteiger partial charge in [0.1, 0.15) is 5.78 Å². The minimum absolute atomic E-state index is 0.0253. The number of ketones is 1. The van der Waals surface area contributed by atoms with E-state index < -0.39 is 5.41 Å². The summed E-state index contributed by atoms with van der Waals surface area (Å²) in [5, 5.41) is 5.67. The van der Waals surface area contributed by atoms with Crippen LogP contribution in [0.15, 0.2) is 24.4 Å². The van der Waals surface area contributed by atoms with Crippen molar-refractivity contribution in [2.24, 2.45) is 7.05 Å². The lowest BCUT2D eigenvalue weighted by molar-refractivity contribution is -0.122. The molecule has 4 nitrogen and oxygen atoms in total. The van der Waals surface area contributed by atoms with Crippen LogP contribution in [0.25, 0.3) is 10.9 Å². The van der Waals surface area contributed by atoms with Crippen LogP contribution in [-0.4, -0.2) is 20.5 Å². The smallest absolute Gasteiger partial charge is 0.141 e. The molecule has 0 aromatic carbocycles. The highest BCUT2D eigenvalue weighted by molar-refractivity contribution is 5.93. The molecule has 2 heterocycles. The molecule has 0 N–H and O–H groups in total. The Kier molecular flexibility index (Phi) is 4.71. The number of fused-ring (bicyclic) bond motifs is 1. The number of carbonyl (C=O) groups excluding carboxylic acids is 1. The zero-order valence-corrected chi connectivity index (χ0v) is 16.0. The molecule has 0 radical (unpaired) electrons. The Hall–Kier alpha value is -1.97. The van der Waals surface area contributed by atoms with Crippen molar-refractivity contribution in [2.45, 2.75) is 65.2 Å². The number of hydrogen-bond acceptors (Lipinski definition) is 3. The van der Waals surface area contributed by atoms with Crippen molar-refractivity contribution in [2.75, 3.05) is 0 Å². The van der Waals surface area contributed by atoms with E-state index in [1.54, 1.807) is 6.92 Å². The van der Waals surface area contributed by atoms with Gasteiger partial charge in [-0.05, 0) is 39.7 Å². The first-order valence-corrected chi connectivity index (χ1v) is 8.46. The molecule has 1 unspecified atom stereocenters. The van der Waals surface area contributed by atoms with Gasteiger partial charge >= 0.3 is 0 Å². The molecule has 2 aromatic heterocycles. The quantitative estimate of drug-likeness (QED) is 0.761. The molecule has 1 atom stereocenters. The number of nitrogens with zero attached hydrogens (tertiary/aromatic N) is 3. The first-order chi connectivity index (χ1) is 11.0. The van der Waals surface area contributed by atoms with Crippen molar-refractivity contribution in [3.05, 3.63) is 35.8 Å². The first-order valence-electron chi connectivity index (χ1n) is 8.46. The molecular weight excluding hydrogens is 298 g/mol. The molecular formula is C20H29N3O. The standard InChI is InChI=1S/C20H29N3O/c1-13(2)9-10-20(7,14(3)24)18-15-12-21-17(19(4,5)6)11-16(15)23(8)22-18/h11-12H,1,9-10H2,2-8H3. The highest BCUT2D eigenvalue weighted by Crippen LogP contribution is 2.36. The SMILES string of the molecule is C=C(C)CCC(C)(C(C)=O)c1nn(C)c2cc(C(C)(C)C)ncc12. The van der Waals surface area contributed by atoms with E-state index in [0.717, 1.165) is 34.3 Å². The van der Waals surface area contributed by atoms with Crippen molar-refractivity contribution < 1.29 is 4.79 Å². The number of carbonyl (C=O) groups is 1. The van der Waals surface area contributed by atoms with Gasteiger partial charge in [-0.2, -0.15) is 5.10 Å². The zero-order valence-electron chi connectivity index (χ0n) is 16.0. The molecule has 0 saturated heterocycles. The van der Waals surface area contributed by atoms with Crippen LogP contribution in [0, 0.1) is 0 Å². The molecule has 0 amide bonds. The van der Waals surface area contributed by atoms with E-state index in [-0.39, 0.29) is 11.2 Å². The van der Waals surface area contributed by atoms with Crippen molar-refractivity contribution in [1.29, 1.82) is 0 Å². The van der Waals surface area contributed by atoms with Crippen molar-refractivity contribution in [3.63, 3.8) is 0 Å². The monoisotopic (exact) mass is 327 g/mol. The maximum absolute atomic E-state index is 12.5. The number of aryl methyl sites for hydroxylation is 1. The number of allylic oxidation sites excluding steroid dienone is 1. The molecule has 0 aliphatic rings. The highest BCUT2D eigenvalue weighted by atomic mass is 16.1. The van der Waals surface area contributed by atoms with E-state index in [2.05, 4.69) is 38.4 Å². The van der Waals surface area contributed by atoms with Gasteiger partial charge in [-0.1, -0.05) is 26.3 Å². The third kappa shape index (κ3) is 3.28. The number of hydrogen-bond donors (Lipinski definition) is 0. The van der Waals surface area contributed by atoms with Gasteiger partial charge in [0.15, 0.2) is 0 Å². The van der Waals surface area contributed by atoms with Gasteiger partial charge in [-0.25, -0.2) is 0 Å². The zero-order chi connectivity index (χ0) is 18.3. The predicted molar refractivity (Wildman–Crippen MR) is 99.3 cm³/mol. The second kappa shape index (κ2) is 6.15. The van der Waals surface area contributed by atoms with Crippen molar-refractivity contribution >= 4 is 16.7 Å². The summed E-state index contributed by atoms with van der Waals surface area (Å²) in [5.74, 6) is 0.128. The van der Waals surface area contributed by atoms with Gasteiger partial charge in [0.25, 0.3) is 0 Å². The van der Waals surface area contributed by atoms with E-state index in [1.165, 1.54) is 0 Å². The summed E-state index contributed by atoms with van der Waals surface area (Å²) >= 11 is 0. The van der Waals surface area contributed by atoms with Crippen LogP contribution in [0.4, 0.5) is 0 Å². The largest absolute Gasteiger partial charge is 0.299 e. The summed E-state index contributed by atoms with van der Waals surface area (Å²) in [7, 11) is 1.93. The van der Waals surface area contributed by atoms with Crippen molar-refractivity contribution in [3.8, 4) is 0 Å². The third-order valence-corrected chi connectivity index (χ3v) is 4.86. The summed E-state index contributed by atoms with van der Waals surface area (Å²) in [6, 6.07) is 2.09. The van der Waals surface area contributed by atoms with E-state index >= 15 is 0 Å². The average molecular weight is 327 g/mol. The lowest BCUT2D eigenvalue weighted by Gasteiger charge is -2.25. The van der Waals surface area contributed by atoms with E-state index in [0.29, 0.717) is 6.42 Å². The molecule has 0 aliphatic heterocycles. The van der Waals surface area contributed by atoms with Gasteiger partial charge in [0.05, 0.1) is 16.6 Å². The highest BCUT2D eigenvalue weighted by Gasteiger charge is 2.36. The maximum atomic E-state index is 12.5. The molecule has 2 aromatic rings. The average Bonchev–Trinajstić information content (AvgIpc) is 2.81. The molecule has 0 fully saturated rings. The normalized spacial score (nSPS) is 14.6. The molecule has 2 rings (SSSR count). The molecule has 0 aliphatic carbocycles. The topological polar surface area (TPSA) is 47.8 Å². The fourth-order valence-corrected chi connectivity index (χ4v) is 2.89. The fraction of sp³-hybridized carbons (Fsp3) is 0.550. The van der Waals surface area contributed by atoms with Gasteiger partial charge in [0, 0.05) is 29.7 Å². The number of aromatic nitrogens is 3. The van der Waals surface area contributed by atoms with Crippen LogP contribution in [0.1, 0.15) is 65.8 Å². The van der Waals surface area contributed by atoms with Gasteiger partial charge in [0.2, 0.25) is 0 Å². The van der Waals surface area contributed by atoms with Crippen LogP contribution in [0.2, 0.25) is 0 Å². The number of Topliss-reactive ketones (excluding diaryl/α,β-unsaturated/α-hetero) is 1. The van der Waals surface area contributed by atoms with Crippen molar-refractivity contribution in [1.82, 2.24) is 14.8 Å². The summed E-state index contributed by atoms with van der Waals surface area (Å²) in [6.07, 6.45) is 3.40. The lowest BCUT2D eigenvalue weighted by atomic mass is 9.77. The van der Waals surface area contributed by atoms with E-state index in [1.807, 2.05) is 31.8 Å². The third-order valence-electron chi connectivity index (χ3n) is 4.86. The molecule has 0 spiro atoms. The van der Waals surface area contributed by atoms with Crippen LogP contribution in [0.3, 0.4) is 0 Å². The summed E-state index contributed by atoms with van der Waals surface area (Å²) < 4.78 is 1.86. The summed E-state index contributed by atoms with van der Waals surface area (Å²) in [4.78, 5) is 17.1.